The van der Waals surface area contributed by atoms with Gasteiger partial charge in [-0.3, -0.25) is 0 Å². The van der Waals surface area contributed by atoms with Crippen molar-refractivity contribution in [2.45, 2.75) is 0 Å². The van der Waals surface area contributed by atoms with E-state index in [1.165, 1.54) is 0 Å². The third-order valence-corrected chi connectivity index (χ3v) is 2.37. The van der Waals surface area contributed by atoms with E-state index < -0.39 is 0 Å². The van der Waals surface area contributed by atoms with Gasteiger partial charge in [0.15, 0.2) is 5.76 Å². The Morgan fingerprint density at radius 2 is 2.50 bits per heavy atom. The Morgan fingerprint density at radius 3 is 3.08 bits per heavy atom. The summed E-state index contributed by atoms with van der Waals surface area (Å²) in [4.78, 5) is 5.12. The van der Waals surface area contributed by atoms with Crippen LogP contribution in [0.5, 0.6) is 0 Å². The van der Waals surface area contributed by atoms with Gasteiger partial charge < -0.3 is 9.73 Å². The van der Waals surface area contributed by atoms with E-state index >= 15 is 0 Å². The molecule has 0 spiro atoms. The molecule has 0 saturated heterocycles. The molecular formula is C8H8N2OS. The second-order valence-corrected chi connectivity index (χ2v) is 3.20. The lowest BCUT2D eigenvalue weighted by Gasteiger charge is -1.88. The van der Waals surface area contributed by atoms with Crippen molar-refractivity contribution in [3.63, 3.8) is 0 Å². The number of thiophene rings is 1. The van der Waals surface area contributed by atoms with Gasteiger partial charge in [-0.05, 0) is 11.4 Å². The highest BCUT2D eigenvalue weighted by Crippen LogP contribution is 2.26. The lowest BCUT2D eigenvalue weighted by molar-refractivity contribution is 0.591. The lowest BCUT2D eigenvalue weighted by Crippen LogP contribution is -1.84. The molecule has 0 unspecified atom stereocenters. The van der Waals surface area contributed by atoms with Crippen LogP contribution in [-0.4, -0.2) is 12.0 Å². The number of aromatic nitrogens is 1. The number of hydrogen-bond acceptors (Lipinski definition) is 4. The largest absolute Gasteiger partial charge is 0.423 e. The van der Waals surface area contributed by atoms with E-state index in [4.69, 9.17) is 4.42 Å². The zero-order chi connectivity index (χ0) is 8.39. The smallest absolute Gasteiger partial charge is 0.294 e. The minimum atomic E-state index is 0.554. The van der Waals surface area contributed by atoms with Crippen LogP contribution in [-0.2, 0) is 0 Å². The highest BCUT2D eigenvalue weighted by molar-refractivity contribution is 7.13. The standard InChI is InChI=1S/C8H8N2OS/c1-9-8-10-5-6(11-8)7-3-2-4-12-7/h2-5H,1H3,(H,9,10). The van der Waals surface area contributed by atoms with E-state index in [1.807, 2.05) is 17.5 Å². The van der Waals surface area contributed by atoms with Gasteiger partial charge in [0.1, 0.15) is 0 Å². The number of oxazole rings is 1. The molecule has 1 N–H and O–H groups in total. The van der Waals surface area contributed by atoms with Crippen LogP contribution in [0.1, 0.15) is 0 Å². The minimum absolute atomic E-state index is 0.554. The maximum atomic E-state index is 5.37. The minimum Gasteiger partial charge on any atom is -0.423 e. The highest BCUT2D eigenvalue weighted by atomic mass is 32.1. The average Bonchev–Trinajstić information content (AvgIpc) is 2.75. The Hall–Kier alpha value is -1.29. The number of anilines is 1. The fourth-order valence-corrected chi connectivity index (χ4v) is 1.59. The Morgan fingerprint density at radius 1 is 1.58 bits per heavy atom. The first-order chi connectivity index (χ1) is 5.90. The molecule has 2 aromatic heterocycles. The summed E-state index contributed by atoms with van der Waals surface area (Å²) in [7, 11) is 1.78. The van der Waals surface area contributed by atoms with Crippen molar-refractivity contribution in [3.8, 4) is 10.6 Å². The summed E-state index contributed by atoms with van der Waals surface area (Å²) >= 11 is 1.64. The molecule has 0 bridgehead atoms. The predicted molar refractivity (Wildman–Crippen MR) is 49.4 cm³/mol. The van der Waals surface area contributed by atoms with Crippen LogP contribution in [0.15, 0.2) is 28.1 Å². The van der Waals surface area contributed by atoms with Crippen molar-refractivity contribution in [3.05, 3.63) is 23.7 Å². The molecule has 4 heteroatoms. The summed E-state index contributed by atoms with van der Waals surface area (Å²) in [5, 5.41) is 4.85. The van der Waals surface area contributed by atoms with E-state index in [2.05, 4.69) is 10.3 Å². The van der Waals surface area contributed by atoms with Crippen molar-refractivity contribution in [2.24, 2.45) is 0 Å². The van der Waals surface area contributed by atoms with Crippen LogP contribution in [0.2, 0.25) is 0 Å². The molecule has 0 fully saturated rings. The first-order valence-corrected chi connectivity index (χ1v) is 4.45. The maximum Gasteiger partial charge on any atom is 0.294 e. The van der Waals surface area contributed by atoms with Crippen LogP contribution in [0.4, 0.5) is 6.01 Å². The highest BCUT2D eigenvalue weighted by Gasteiger charge is 2.04. The molecule has 2 heterocycles. The van der Waals surface area contributed by atoms with Crippen LogP contribution in [0, 0.1) is 0 Å². The Bertz CT molecular complexity index is 353. The number of nitrogens with zero attached hydrogens (tertiary/aromatic N) is 1. The second kappa shape index (κ2) is 2.98. The van der Waals surface area contributed by atoms with E-state index in [0.717, 1.165) is 10.6 Å². The van der Waals surface area contributed by atoms with Gasteiger partial charge in [-0.2, -0.15) is 0 Å². The van der Waals surface area contributed by atoms with Gasteiger partial charge in [-0.1, -0.05) is 6.07 Å². The molecular weight excluding hydrogens is 172 g/mol. The second-order valence-electron chi connectivity index (χ2n) is 2.26. The van der Waals surface area contributed by atoms with Crippen LogP contribution < -0.4 is 5.32 Å². The first kappa shape index (κ1) is 7.36. The molecule has 0 aliphatic rings. The molecule has 0 aliphatic heterocycles. The van der Waals surface area contributed by atoms with E-state index in [1.54, 1.807) is 24.6 Å². The third kappa shape index (κ3) is 1.21. The molecule has 3 nitrogen and oxygen atoms in total. The summed E-state index contributed by atoms with van der Waals surface area (Å²) in [5.41, 5.74) is 0. The third-order valence-electron chi connectivity index (χ3n) is 1.48. The van der Waals surface area contributed by atoms with Crippen molar-refractivity contribution in [2.75, 3.05) is 12.4 Å². The molecule has 2 rings (SSSR count). The van der Waals surface area contributed by atoms with Gasteiger partial charge in [-0.15, -0.1) is 11.3 Å². The van der Waals surface area contributed by atoms with Gasteiger partial charge in [0.25, 0.3) is 6.01 Å². The van der Waals surface area contributed by atoms with E-state index in [-0.39, 0.29) is 0 Å². The zero-order valence-corrected chi connectivity index (χ0v) is 7.39. The van der Waals surface area contributed by atoms with E-state index in [9.17, 15) is 0 Å². The molecule has 2 aromatic rings. The molecule has 0 radical (unpaired) electrons. The van der Waals surface area contributed by atoms with Crippen LogP contribution in [0.25, 0.3) is 10.6 Å². The Kier molecular flexibility index (Phi) is 1.83. The van der Waals surface area contributed by atoms with Gasteiger partial charge in [0.2, 0.25) is 0 Å². The summed E-state index contributed by atoms with van der Waals surface area (Å²) < 4.78 is 5.37. The van der Waals surface area contributed by atoms with Crippen molar-refractivity contribution < 1.29 is 4.42 Å². The van der Waals surface area contributed by atoms with Gasteiger partial charge in [0.05, 0.1) is 11.1 Å². The number of hydrogen-bond donors (Lipinski definition) is 1. The van der Waals surface area contributed by atoms with Crippen LogP contribution >= 0.6 is 11.3 Å². The van der Waals surface area contributed by atoms with Crippen LogP contribution in [0.3, 0.4) is 0 Å². The molecule has 0 aliphatic carbocycles. The summed E-state index contributed by atoms with van der Waals surface area (Å²) in [5.74, 6) is 0.814. The average molecular weight is 180 g/mol. The SMILES string of the molecule is CNc1ncc(-c2cccs2)o1. The summed E-state index contributed by atoms with van der Waals surface area (Å²) in [6, 6.07) is 4.55. The molecule has 12 heavy (non-hydrogen) atoms. The molecule has 62 valence electrons. The predicted octanol–water partition coefficient (Wildman–Crippen LogP) is 2.44. The topological polar surface area (TPSA) is 38.1 Å². The van der Waals surface area contributed by atoms with Gasteiger partial charge in [-0.25, -0.2) is 4.98 Å². The summed E-state index contributed by atoms with van der Waals surface area (Å²) in [6.07, 6.45) is 1.72. The first-order valence-electron chi connectivity index (χ1n) is 3.57. The maximum absolute atomic E-state index is 5.37. The molecule has 0 amide bonds. The molecule has 0 atom stereocenters. The molecule has 0 aromatic carbocycles. The summed E-state index contributed by atoms with van der Waals surface area (Å²) in [6.45, 7) is 0. The fraction of sp³-hybridized carbons (Fsp3) is 0.125. The number of rotatable bonds is 2. The quantitative estimate of drug-likeness (QED) is 0.771. The Balaban J connectivity index is 2.35. The van der Waals surface area contributed by atoms with Crippen molar-refractivity contribution in [1.82, 2.24) is 4.98 Å². The number of nitrogens with one attached hydrogen (secondary N) is 1. The fourth-order valence-electron chi connectivity index (χ4n) is 0.922. The van der Waals surface area contributed by atoms with Gasteiger partial charge >= 0.3 is 0 Å². The van der Waals surface area contributed by atoms with Crippen molar-refractivity contribution in [1.29, 1.82) is 0 Å². The van der Waals surface area contributed by atoms with Crippen molar-refractivity contribution >= 4 is 17.4 Å². The monoisotopic (exact) mass is 180 g/mol. The normalized spacial score (nSPS) is 10.1. The lowest BCUT2D eigenvalue weighted by atomic mass is 10.4. The molecule has 0 saturated carbocycles. The van der Waals surface area contributed by atoms with Gasteiger partial charge in [0, 0.05) is 7.05 Å². The zero-order valence-electron chi connectivity index (χ0n) is 6.57. The van der Waals surface area contributed by atoms with E-state index in [0.29, 0.717) is 6.01 Å². The Labute approximate surface area is 74.1 Å².